The van der Waals surface area contributed by atoms with E-state index in [0.717, 1.165) is 17.7 Å². The second-order valence-electron chi connectivity index (χ2n) is 4.62. The molecule has 1 N–H and O–H groups in total. The zero-order valence-electron chi connectivity index (χ0n) is 11.5. The maximum atomic E-state index is 12.8. The highest BCUT2D eigenvalue weighted by Crippen LogP contribution is 2.22. The first kappa shape index (κ1) is 14.3. The van der Waals surface area contributed by atoms with Crippen LogP contribution in [0.4, 0.5) is 4.39 Å². The fraction of sp³-hybridized carbons (Fsp3) is 0.312. The summed E-state index contributed by atoms with van der Waals surface area (Å²) in [5.41, 5.74) is 0.827. The van der Waals surface area contributed by atoms with E-state index in [0.29, 0.717) is 25.1 Å². The van der Waals surface area contributed by atoms with Crippen molar-refractivity contribution in [3.63, 3.8) is 0 Å². The van der Waals surface area contributed by atoms with E-state index in [2.05, 4.69) is 5.32 Å². The molecule has 0 spiro atoms. The molecule has 1 aromatic heterocycles. The molecule has 0 aliphatic heterocycles. The third-order valence-electron chi connectivity index (χ3n) is 2.96. The fourth-order valence-electron chi connectivity index (χ4n) is 1.87. The van der Waals surface area contributed by atoms with E-state index in [4.69, 9.17) is 4.42 Å². The van der Waals surface area contributed by atoms with Crippen molar-refractivity contribution < 1.29 is 13.6 Å². The summed E-state index contributed by atoms with van der Waals surface area (Å²) in [6.45, 7) is 2.72. The molecule has 0 atom stereocenters. The monoisotopic (exact) mass is 275 g/mol. The predicted molar refractivity (Wildman–Crippen MR) is 75.7 cm³/mol. The lowest BCUT2D eigenvalue weighted by atomic mass is 10.2. The van der Waals surface area contributed by atoms with Gasteiger partial charge in [-0.3, -0.25) is 4.79 Å². The molecule has 0 saturated heterocycles. The summed E-state index contributed by atoms with van der Waals surface area (Å²) in [4.78, 5) is 11.5. The first-order valence-corrected chi connectivity index (χ1v) is 6.80. The number of carbonyl (C=O) groups excluding carboxylic acids is 1. The summed E-state index contributed by atoms with van der Waals surface area (Å²) in [5, 5.41) is 2.83. The molecule has 0 radical (unpaired) electrons. The molecule has 1 heterocycles. The van der Waals surface area contributed by atoms with Crippen molar-refractivity contribution in [1.29, 1.82) is 0 Å². The molecule has 0 bridgehead atoms. The zero-order valence-corrected chi connectivity index (χ0v) is 11.5. The number of carbonyl (C=O) groups is 1. The lowest BCUT2D eigenvalue weighted by Gasteiger charge is -2.01. The van der Waals surface area contributed by atoms with Gasteiger partial charge in [-0.05, 0) is 42.8 Å². The summed E-state index contributed by atoms with van der Waals surface area (Å²) < 4.78 is 18.5. The highest BCUT2D eigenvalue weighted by Gasteiger charge is 2.07. The van der Waals surface area contributed by atoms with Crippen LogP contribution >= 0.6 is 0 Å². The van der Waals surface area contributed by atoms with E-state index >= 15 is 0 Å². The Kier molecular flexibility index (Phi) is 4.93. The summed E-state index contributed by atoms with van der Waals surface area (Å²) >= 11 is 0. The Morgan fingerprint density at radius 1 is 1.20 bits per heavy atom. The normalized spacial score (nSPS) is 10.5. The number of hydrogen-bond acceptors (Lipinski definition) is 2. The molecule has 4 heteroatoms. The zero-order chi connectivity index (χ0) is 14.4. The molecule has 3 nitrogen and oxygen atoms in total. The van der Waals surface area contributed by atoms with Gasteiger partial charge in [0, 0.05) is 24.9 Å². The lowest BCUT2D eigenvalue weighted by Crippen LogP contribution is -2.24. The Balaban J connectivity index is 1.92. The van der Waals surface area contributed by atoms with Gasteiger partial charge in [0.1, 0.15) is 17.3 Å². The van der Waals surface area contributed by atoms with Crippen molar-refractivity contribution in [3.05, 3.63) is 48.0 Å². The van der Waals surface area contributed by atoms with Gasteiger partial charge in [0.25, 0.3) is 0 Å². The maximum absolute atomic E-state index is 12.8. The minimum absolute atomic E-state index is 0.0339. The van der Waals surface area contributed by atoms with Crippen LogP contribution in [-0.4, -0.2) is 12.5 Å². The SMILES string of the molecule is CCCNC(=O)CCc1ccc(-c2ccc(F)cc2)o1. The van der Waals surface area contributed by atoms with Crippen LogP contribution in [0.1, 0.15) is 25.5 Å². The first-order valence-electron chi connectivity index (χ1n) is 6.80. The molecule has 0 aliphatic carbocycles. The number of hydrogen-bond donors (Lipinski definition) is 1. The van der Waals surface area contributed by atoms with Gasteiger partial charge in [-0.25, -0.2) is 4.39 Å². The van der Waals surface area contributed by atoms with Gasteiger partial charge in [-0.1, -0.05) is 6.92 Å². The molecular formula is C16H18FNO2. The van der Waals surface area contributed by atoms with Gasteiger partial charge in [0.05, 0.1) is 0 Å². The van der Waals surface area contributed by atoms with E-state index in [9.17, 15) is 9.18 Å². The van der Waals surface area contributed by atoms with E-state index < -0.39 is 0 Å². The van der Waals surface area contributed by atoms with Gasteiger partial charge in [0.2, 0.25) is 5.91 Å². The minimum atomic E-state index is -0.270. The number of rotatable bonds is 6. The van der Waals surface area contributed by atoms with Gasteiger partial charge < -0.3 is 9.73 Å². The first-order chi connectivity index (χ1) is 9.69. The maximum Gasteiger partial charge on any atom is 0.220 e. The van der Waals surface area contributed by atoms with E-state index in [1.54, 1.807) is 12.1 Å². The highest BCUT2D eigenvalue weighted by atomic mass is 19.1. The Morgan fingerprint density at radius 3 is 2.65 bits per heavy atom. The van der Waals surface area contributed by atoms with Gasteiger partial charge >= 0.3 is 0 Å². The molecular weight excluding hydrogens is 257 g/mol. The minimum Gasteiger partial charge on any atom is -0.461 e. The van der Waals surface area contributed by atoms with Crippen molar-refractivity contribution in [2.75, 3.05) is 6.54 Å². The summed E-state index contributed by atoms with van der Waals surface area (Å²) in [5.74, 6) is 1.21. The summed E-state index contributed by atoms with van der Waals surface area (Å²) in [6, 6.07) is 9.83. The van der Waals surface area contributed by atoms with Crippen LogP contribution in [0.5, 0.6) is 0 Å². The van der Waals surface area contributed by atoms with E-state index in [1.165, 1.54) is 12.1 Å². The Labute approximate surface area is 117 Å². The largest absolute Gasteiger partial charge is 0.461 e. The van der Waals surface area contributed by atoms with Gasteiger partial charge in [-0.2, -0.15) is 0 Å². The third kappa shape index (κ3) is 3.95. The number of halogens is 1. The molecule has 0 fully saturated rings. The van der Waals surface area contributed by atoms with Gasteiger partial charge in [0.15, 0.2) is 0 Å². The van der Waals surface area contributed by atoms with E-state index in [-0.39, 0.29) is 11.7 Å². The molecule has 20 heavy (non-hydrogen) atoms. The van der Waals surface area contributed by atoms with Crippen LogP contribution in [-0.2, 0) is 11.2 Å². The third-order valence-corrected chi connectivity index (χ3v) is 2.96. The second kappa shape index (κ2) is 6.89. The number of amides is 1. The molecule has 0 aliphatic rings. The topological polar surface area (TPSA) is 42.2 Å². The number of benzene rings is 1. The van der Waals surface area contributed by atoms with Crippen LogP contribution in [0.2, 0.25) is 0 Å². The Bertz CT molecular complexity index is 560. The van der Waals surface area contributed by atoms with Crippen LogP contribution in [0.3, 0.4) is 0 Å². The molecule has 0 saturated carbocycles. The van der Waals surface area contributed by atoms with Crippen molar-refractivity contribution in [2.45, 2.75) is 26.2 Å². The molecule has 1 amide bonds. The highest BCUT2D eigenvalue weighted by molar-refractivity contribution is 5.76. The Hall–Kier alpha value is -2.10. The molecule has 2 aromatic rings. The van der Waals surface area contributed by atoms with Crippen molar-refractivity contribution in [2.24, 2.45) is 0 Å². The van der Waals surface area contributed by atoms with Crippen LogP contribution < -0.4 is 5.32 Å². The predicted octanol–water partition coefficient (Wildman–Crippen LogP) is 3.54. The van der Waals surface area contributed by atoms with Crippen molar-refractivity contribution in [3.8, 4) is 11.3 Å². The Morgan fingerprint density at radius 2 is 1.95 bits per heavy atom. The number of aryl methyl sites for hydroxylation is 1. The number of nitrogens with one attached hydrogen (secondary N) is 1. The summed E-state index contributed by atoms with van der Waals surface area (Å²) in [7, 11) is 0. The van der Waals surface area contributed by atoms with Crippen molar-refractivity contribution in [1.82, 2.24) is 5.32 Å². The van der Waals surface area contributed by atoms with Crippen molar-refractivity contribution >= 4 is 5.91 Å². The van der Waals surface area contributed by atoms with Gasteiger partial charge in [-0.15, -0.1) is 0 Å². The van der Waals surface area contributed by atoms with Crippen LogP contribution in [0.25, 0.3) is 11.3 Å². The summed E-state index contributed by atoms with van der Waals surface area (Å²) in [6.07, 6.45) is 1.91. The number of furan rings is 1. The van der Waals surface area contributed by atoms with Crippen LogP contribution in [0, 0.1) is 5.82 Å². The molecule has 0 unspecified atom stereocenters. The molecule has 2 rings (SSSR count). The molecule has 1 aromatic carbocycles. The smallest absolute Gasteiger partial charge is 0.220 e. The lowest BCUT2D eigenvalue weighted by molar-refractivity contribution is -0.121. The second-order valence-corrected chi connectivity index (χ2v) is 4.62. The molecule has 106 valence electrons. The van der Waals surface area contributed by atoms with E-state index in [1.807, 2.05) is 19.1 Å². The standard InChI is InChI=1S/C16H18FNO2/c1-2-11-18-16(19)10-8-14-7-9-15(20-14)12-3-5-13(17)6-4-12/h3-7,9H,2,8,10-11H2,1H3,(H,18,19). The quantitative estimate of drug-likeness (QED) is 0.876. The fourth-order valence-corrected chi connectivity index (χ4v) is 1.87. The van der Waals surface area contributed by atoms with Crippen LogP contribution in [0.15, 0.2) is 40.8 Å². The average Bonchev–Trinajstić information content (AvgIpc) is 2.92. The average molecular weight is 275 g/mol.